The topological polar surface area (TPSA) is 75.5 Å². The van der Waals surface area contributed by atoms with E-state index in [2.05, 4.69) is 15.6 Å². The van der Waals surface area contributed by atoms with Crippen molar-refractivity contribution in [1.29, 1.82) is 0 Å². The minimum absolute atomic E-state index is 0.161. The molecule has 24 heavy (non-hydrogen) atoms. The number of imidazole rings is 1. The molecule has 2 heterocycles. The second-order valence-corrected chi connectivity index (χ2v) is 5.70. The zero-order valence-corrected chi connectivity index (χ0v) is 13.8. The summed E-state index contributed by atoms with van der Waals surface area (Å²) >= 11 is 0. The van der Waals surface area contributed by atoms with Crippen LogP contribution in [0.1, 0.15) is 28.7 Å². The quantitative estimate of drug-likeness (QED) is 0.778. The summed E-state index contributed by atoms with van der Waals surface area (Å²) in [6.45, 7) is 5.22. The van der Waals surface area contributed by atoms with Crippen molar-refractivity contribution in [3.05, 3.63) is 59.5 Å². The van der Waals surface area contributed by atoms with Crippen LogP contribution in [0.25, 0.3) is 5.65 Å². The summed E-state index contributed by atoms with van der Waals surface area (Å²) in [6, 6.07) is 10.9. The molecule has 0 atom stereocenters. The van der Waals surface area contributed by atoms with Crippen LogP contribution in [0, 0.1) is 13.8 Å². The fraction of sp³-hybridized carbons (Fsp3) is 0.167. The van der Waals surface area contributed by atoms with Gasteiger partial charge in [-0.2, -0.15) is 0 Å². The summed E-state index contributed by atoms with van der Waals surface area (Å²) < 4.78 is 1.79. The highest BCUT2D eigenvalue weighted by Crippen LogP contribution is 2.18. The average Bonchev–Trinajstić information content (AvgIpc) is 2.82. The third-order valence-corrected chi connectivity index (χ3v) is 3.60. The number of amides is 2. The molecule has 2 amide bonds. The fourth-order valence-corrected chi connectivity index (χ4v) is 2.61. The Morgan fingerprint density at radius 2 is 1.75 bits per heavy atom. The van der Waals surface area contributed by atoms with Crippen molar-refractivity contribution in [3.8, 4) is 0 Å². The molecule has 6 nitrogen and oxygen atoms in total. The smallest absolute Gasteiger partial charge is 0.274 e. The first-order valence-electron chi connectivity index (χ1n) is 7.58. The Hall–Kier alpha value is -3.15. The number of nitrogens with one attached hydrogen (secondary N) is 2. The molecule has 0 aliphatic rings. The van der Waals surface area contributed by atoms with Crippen molar-refractivity contribution in [1.82, 2.24) is 9.38 Å². The number of aromatic nitrogens is 2. The number of hydrogen-bond acceptors (Lipinski definition) is 3. The van der Waals surface area contributed by atoms with Gasteiger partial charge < -0.3 is 10.6 Å². The molecule has 0 aliphatic carbocycles. The van der Waals surface area contributed by atoms with Gasteiger partial charge in [-0.25, -0.2) is 4.98 Å². The first kappa shape index (κ1) is 15.7. The number of pyridine rings is 1. The minimum atomic E-state index is -0.245. The number of nitrogens with zero attached hydrogens (tertiary/aromatic N) is 2. The minimum Gasteiger partial charge on any atom is -0.326 e. The van der Waals surface area contributed by atoms with Gasteiger partial charge >= 0.3 is 0 Å². The molecular weight excluding hydrogens is 304 g/mol. The van der Waals surface area contributed by atoms with Gasteiger partial charge in [0.05, 0.1) is 5.69 Å². The highest BCUT2D eigenvalue weighted by molar-refractivity contribution is 6.04. The van der Waals surface area contributed by atoms with Crippen molar-refractivity contribution in [2.24, 2.45) is 0 Å². The molecule has 122 valence electrons. The number of carbonyl (C=O) groups is 2. The summed E-state index contributed by atoms with van der Waals surface area (Å²) in [5, 5.41) is 5.55. The van der Waals surface area contributed by atoms with Crippen molar-refractivity contribution in [2.75, 3.05) is 10.6 Å². The average molecular weight is 322 g/mol. The van der Waals surface area contributed by atoms with Gasteiger partial charge in [-0.3, -0.25) is 14.0 Å². The number of aryl methyl sites for hydroxylation is 2. The Morgan fingerprint density at radius 3 is 2.46 bits per heavy atom. The maximum Gasteiger partial charge on any atom is 0.274 e. The van der Waals surface area contributed by atoms with Gasteiger partial charge in [-0.05, 0) is 43.7 Å². The molecule has 3 aromatic rings. The lowest BCUT2D eigenvalue weighted by Crippen LogP contribution is -2.16. The molecule has 0 saturated carbocycles. The predicted molar refractivity (Wildman–Crippen MR) is 93.4 cm³/mol. The van der Waals surface area contributed by atoms with Crippen molar-refractivity contribution in [3.63, 3.8) is 0 Å². The van der Waals surface area contributed by atoms with E-state index in [9.17, 15) is 9.59 Å². The zero-order chi connectivity index (χ0) is 17.3. The van der Waals surface area contributed by atoms with E-state index < -0.39 is 0 Å². The van der Waals surface area contributed by atoms with Gasteiger partial charge in [0.15, 0.2) is 0 Å². The SMILES string of the molecule is CC(=O)Nc1cccc(NC(=O)c2c(C)nc3ccc(C)cn23)c1. The number of carbonyl (C=O) groups excluding carboxylic acids is 2. The van der Waals surface area contributed by atoms with Crippen LogP contribution in [0.2, 0.25) is 0 Å². The summed E-state index contributed by atoms with van der Waals surface area (Å²) in [7, 11) is 0. The number of fused-ring (bicyclic) bond motifs is 1. The summed E-state index contributed by atoms with van der Waals surface area (Å²) in [5.41, 5.74) is 4.17. The first-order valence-corrected chi connectivity index (χ1v) is 7.58. The number of rotatable bonds is 3. The summed E-state index contributed by atoms with van der Waals surface area (Å²) in [6.07, 6.45) is 1.89. The fourth-order valence-electron chi connectivity index (χ4n) is 2.61. The van der Waals surface area contributed by atoms with Crippen LogP contribution >= 0.6 is 0 Å². The molecule has 2 N–H and O–H groups in total. The van der Waals surface area contributed by atoms with Crippen LogP contribution in [0.15, 0.2) is 42.6 Å². The van der Waals surface area contributed by atoms with Gasteiger partial charge in [0.25, 0.3) is 5.91 Å². The lowest BCUT2D eigenvalue weighted by molar-refractivity contribution is -0.114. The monoisotopic (exact) mass is 322 g/mol. The van der Waals surface area contributed by atoms with Gasteiger partial charge in [0, 0.05) is 24.5 Å². The van der Waals surface area contributed by atoms with Crippen LogP contribution in [0.5, 0.6) is 0 Å². The van der Waals surface area contributed by atoms with Crippen LogP contribution in [-0.2, 0) is 4.79 Å². The van der Waals surface area contributed by atoms with Crippen LogP contribution in [0.3, 0.4) is 0 Å². The summed E-state index contributed by atoms with van der Waals surface area (Å²) in [5.74, 6) is -0.405. The molecule has 6 heteroatoms. The van der Waals surface area contributed by atoms with E-state index in [4.69, 9.17) is 0 Å². The normalized spacial score (nSPS) is 10.6. The second kappa shape index (κ2) is 6.16. The Bertz CT molecular complexity index is 943. The van der Waals surface area contributed by atoms with Gasteiger partial charge in [-0.1, -0.05) is 12.1 Å². The molecule has 3 rings (SSSR count). The lowest BCUT2D eigenvalue weighted by Gasteiger charge is -2.08. The molecule has 0 saturated heterocycles. The van der Waals surface area contributed by atoms with E-state index in [0.29, 0.717) is 22.8 Å². The van der Waals surface area contributed by atoms with Gasteiger partial charge in [0.2, 0.25) is 5.91 Å². The highest BCUT2D eigenvalue weighted by Gasteiger charge is 2.17. The number of hydrogen-bond donors (Lipinski definition) is 2. The van der Waals surface area contributed by atoms with E-state index >= 15 is 0 Å². The van der Waals surface area contributed by atoms with Crippen LogP contribution in [-0.4, -0.2) is 21.2 Å². The van der Waals surface area contributed by atoms with Crippen LogP contribution < -0.4 is 10.6 Å². The molecule has 2 aromatic heterocycles. The van der Waals surface area contributed by atoms with Gasteiger partial charge in [-0.15, -0.1) is 0 Å². The predicted octanol–water partition coefficient (Wildman–Crippen LogP) is 3.16. The van der Waals surface area contributed by atoms with E-state index in [1.165, 1.54) is 6.92 Å². The Labute approximate surface area is 139 Å². The Balaban J connectivity index is 1.92. The van der Waals surface area contributed by atoms with E-state index in [1.54, 1.807) is 28.7 Å². The number of benzene rings is 1. The third-order valence-electron chi connectivity index (χ3n) is 3.60. The van der Waals surface area contributed by atoms with Gasteiger partial charge in [0.1, 0.15) is 11.3 Å². The van der Waals surface area contributed by atoms with E-state index in [0.717, 1.165) is 11.2 Å². The molecule has 0 unspecified atom stereocenters. The zero-order valence-electron chi connectivity index (χ0n) is 13.8. The Kier molecular flexibility index (Phi) is 4.04. The van der Waals surface area contributed by atoms with Crippen molar-refractivity contribution < 1.29 is 9.59 Å². The molecule has 0 spiro atoms. The molecule has 0 radical (unpaired) electrons. The second-order valence-electron chi connectivity index (χ2n) is 5.70. The van der Waals surface area contributed by atoms with Crippen molar-refractivity contribution >= 4 is 28.8 Å². The first-order chi connectivity index (χ1) is 11.4. The largest absolute Gasteiger partial charge is 0.326 e. The van der Waals surface area contributed by atoms with E-state index in [1.807, 2.05) is 32.2 Å². The standard InChI is InChI=1S/C18H18N4O2/c1-11-7-8-16-19-12(2)17(22(16)10-11)18(24)21-15-6-4-5-14(9-15)20-13(3)23/h4-10H,1-3H3,(H,20,23)(H,21,24). The van der Waals surface area contributed by atoms with Crippen LogP contribution in [0.4, 0.5) is 11.4 Å². The van der Waals surface area contributed by atoms with E-state index in [-0.39, 0.29) is 11.8 Å². The number of anilines is 2. The molecule has 1 aromatic carbocycles. The molecule has 0 bridgehead atoms. The maximum absolute atomic E-state index is 12.7. The highest BCUT2D eigenvalue weighted by atomic mass is 16.2. The maximum atomic E-state index is 12.7. The Morgan fingerprint density at radius 1 is 1.04 bits per heavy atom. The molecule has 0 fully saturated rings. The molecular formula is C18H18N4O2. The summed E-state index contributed by atoms with van der Waals surface area (Å²) in [4.78, 5) is 28.3. The van der Waals surface area contributed by atoms with Crippen molar-refractivity contribution in [2.45, 2.75) is 20.8 Å². The third kappa shape index (κ3) is 3.12. The molecule has 0 aliphatic heterocycles. The lowest BCUT2D eigenvalue weighted by atomic mass is 10.2.